The number of nitrogens with zero attached hydrogens (tertiary/aromatic N) is 1. The molecule has 25 heavy (non-hydrogen) atoms. The van der Waals surface area contributed by atoms with Crippen molar-refractivity contribution in [3.05, 3.63) is 35.6 Å². The highest BCUT2D eigenvalue weighted by Crippen LogP contribution is 2.32. The number of carbonyl (C=O) groups excluding carboxylic acids is 2. The van der Waals surface area contributed by atoms with Crippen LogP contribution in [0, 0.1) is 11.7 Å². The van der Waals surface area contributed by atoms with Gasteiger partial charge in [0.05, 0.1) is 5.54 Å². The van der Waals surface area contributed by atoms with Gasteiger partial charge in [0.2, 0.25) is 5.91 Å². The minimum absolute atomic E-state index is 0.158. The van der Waals surface area contributed by atoms with E-state index in [1.807, 2.05) is 4.90 Å². The molecule has 6 heteroatoms. The van der Waals surface area contributed by atoms with Gasteiger partial charge in [-0.25, -0.2) is 4.39 Å². The van der Waals surface area contributed by atoms with Gasteiger partial charge in [-0.3, -0.25) is 9.59 Å². The van der Waals surface area contributed by atoms with Crippen LogP contribution in [0.4, 0.5) is 4.39 Å². The molecule has 2 amide bonds. The van der Waals surface area contributed by atoms with Crippen molar-refractivity contribution < 1.29 is 18.7 Å². The minimum Gasteiger partial charge on any atom is -0.385 e. The van der Waals surface area contributed by atoms with Crippen LogP contribution in [0.2, 0.25) is 0 Å². The lowest BCUT2D eigenvalue weighted by molar-refractivity contribution is -0.137. The van der Waals surface area contributed by atoms with E-state index < -0.39 is 5.54 Å². The standard InChI is InChI=1S/C19H25FN2O3/c1-25-12-10-19(21-17(23)14-5-7-16(20)8-6-14)9-11-22(13-19)18(24)15-3-2-4-15/h5-8,15H,2-4,9-13H2,1H3,(H,21,23). The van der Waals surface area contributed by atoms with Gasteiger partial charge in [0.1, 0.15) is 5.82 Å². The van der Waals surface area contributed by atoms with Gasteiger partial charge in [0, 0.05) is 38.3 Å². The number of benzene rings is 1. The van der Waals surface area contributed by atoms with E-state index in [-0.39, 0.29) is 23.5 Å². The van der Waals surface area contributed by atoms with Crippen LogP contribution < -0.4 is 5.32 Å². The molecule has 0 spiro atoms. The lowest BCUT2D eigenvalue weighted by Crippen LogP contribution is -2.52. The van der Waals surface area contributed by atoms with Crippen LogP contribution in [0.25, 0.3) is 0 Å². The molecule has 1 aliphatic carbocycles. The number of likely N-dealkylation sites (tertiary alicyclic amines) is 1. The second kappa shape index (κ2) is 7.52. The molecule has 1 aromatic rings. The molecule has 1 unspecified atom stereocenters. The molecule has 2 aliphatic rings. The van der Waals surface area contributed by atoms with E-state index in [4.69, 9.17) is 4.74 Å². The Labute approximate surface area is 147 Å². The largest absolute Gasteiger partial charge is 0.385 e. The maximum absolute atomic E-state index is 13.1. The summed E-state index contributed by atoms with van der Waals surface area (Å²) in [4.78, 5) is 27.0. The first-order valence-electron chi connectivity index (χ1n) is 8.89. The number of rotatable bonds is 6. The Morgan fingerprint density at radius 1 is 1.32 bits per heavy atom. The molecule has 1 aliphatic heterocycles. The van der Waals surface area contributed by atoms with Gasteiger partial charge in [-0.2, -0.15) is 0 Å². The zero-order valence-corrected chi connectivity index (χ0v) is 14.6. The van der Waals surface area contributed by atoms with E-state index in [9.17, 15) is 14.0 Å². The van der Waals surface area contributed by atoms with Crippen molar-refractivity contribution in [2.24, 2.45) is 5.92 Å². The fraction of sp³-hybridized carbons (Fsp3) is 0.579. The van der Waals surface area contributed by atoms with Crippen LogP contribution in [0.1, 0.15) is 42.5 Å². The molecule has 136 valence electrons. The van der Waals surface area contributed by atoms with Crippen molar-refractivity contribution in [2.75, 3.05) is 26.8 Å². The molecule has 0 aromatic heterocycles. The molecule has 2 fully saturated rings. The lowest BCUT2D eigenvalue weighted by atomic mass is 9.84. The van der Waals surface area contributed by atoms with Crippen molar-refractivity contribution in [2.45, 2.75) is 37.6 Å². The summed E-state index contributed by atoms with van der Waals surface area (Å²) in [5, 5.41) is 3.09. The van der Waals surface area contributed by atoms with Crippen LogP contribution in [0.3, 0.4) is 0 Å². The van der Waals surface area contributed by atoms with Gasteiger partial charge < -0.3 is 15.0 Å². The molecule has 3 rings (SSSR count). The molecular formula is C19H25FN2O3. The molecule has 1 aromatic carbocycles. The smallest absolute Gasteiger partial charge is 0.251 e. The molecule has 5 nitrogen and oxygen atoms in total. The van der Waals surface area contributed by atoms with E-state index in [1.165, 1.54) is 24.3 Å². The first-order valence-corrected chi connectivity index (χ1v) is 8.89. The summed E-state index contributed by atoms with van der Waals surface area (Å²) in [6.07, 6.45) is 4.43. The molecule has 0 radical (unpaired) electrons. The van der Waals surface area contributed by atoms with Crippen molar-refractivity contribution in [3.8, 4) is 0 Å². The molecule has 1 saturated carbocycles. The Kier molecular flexibility index (Phi) is 5.37. The Balaban J connectivity index is 1.69. The number of nitrogens with one attached hydrogen (secondary N) is 1. The molecule has 1 N–H and O–H groups in total. The van der Waals surface area contributed by atoms with E-state index in [0.717, 1.165) is 19.3 Å². The van der Waals surface area contributed by atoms with Crippen LogP contribution in [0.5, 0.6) is 0 Å². The van der Waals surface area contributed by atoms with Crippen LogP contribution in [-0.4, -0.2) is 49.1 Å². The van der Waals surface area contributed by atoms with Crippen molar-refractivity contribution in [1.82, 2.24) is 10.2 Å². The Morgan fingerprint density at radius 2 is 2.04 bits per heavy atom. The first kappa shape index (κ1) is 17.9. The highest BCUT2D eigenvalue weighted by atomic mass is 19.1. The number of ether oxygens (including phenoxy) is 1. The van der Waals surface area contributed by atoms with E-state index in [1.54, 1.807) is 7.11 Å². The topological polar surface area (TPSA) is 58.6 Å². The highest BCUT2D eigenvalue weighted by Gasteiger charge is 2.43. The minimum atomic E-state index is -0.485. The SMILES string of the molecule is COCCC1(NC(=O)c2ccc(F)cc2)CCN(C(=O)C2CCC2)C1. The first-order chi connectivity index (χ1) is 12.0. The third kappa shape index (κ3) is 4.00. The van der Waals surface area contributed by atoms with Gasteiger partial charge >= 0.3 is 0 Å². The monoisotopic (exact) mass is 348 g/mol. The quantitative estimate of drug-likeness (QED) is 0.859. The summed E-state index contributed by atoms with van der Waals surface area (Å²) in [5.41, 5.74) is -0.0667. The fourth-order valence-electron chi connectivity index (χ4n) is 3.55. The molecular weight excluding hydrogens is 323 g/mol. The second-order valence-corrected chi connectivity index (χ2v) is 7.12. The zero-order chi connectivity index (χ0) is 17.9. The summed E-state index contributed by atoms with van der Waals surface area (Å²) in [6.45, 7) is 1.68. The lowest BCUT2D eigenvalue weighted by Gasteiger charge is -2.33. The molecule has 1 atom stereocenters. The van der Waals surface area contributed by atoms with E-state index in [2.05, 4.69) is 5.32 Å². The fourth-order valence-corrected chi connectivity index (χ4v) is 3.55. The van der Waals surface area contributed by atoms with Gasteiger partial charge in [-0.15, -0.1) is 0 Å². The molecule has 0 bridgehead atoms. The number of halogens is 1. The number of methoxy groups -OCH3 is 1. The third-order valence-electron chi connectivity index (χ3n) is 5.39. The van der Waals surface area contributed by atoms with Crippen molar-refractivity contribution in [3.63, 3.8) is 0 Å². The average molecular weight is 348 g/mol. The zero-order valence-electron chi connectivity index (χ0n) is 14.6. The predicted octanol–water partition coefficient (Wildman–Crippen LogP) is 2.36. The van der Waals surface area contributed by atoms with Gasteiger partial charge in [0.25, 0.3) is 5.91 Å². The average Bonchev–Trinajstić information content (AvgIpc) is 2.96. The summed E-state index contributed by atoms with van der Waals surface area (Å²) < 4.78 is 18.3. The van der Waals surface area contributed by atoms with Gasteiger partial charge in [-0.05, 0) is 49.9 Å². The maximum Gasteiger partial charge on any atom is 0.251 e. The number of carbonyl (C=O) groups is 2. The Morgan fingerprint density at radius 3 is 2.64 bits per heavy atom. The predicted molar refractivity (Wildman–Crippen MR) is 91.6 cm³/mol. The summed E-state index contributed by atoms with van der Waals surface area (Å²) >= 11 is 0. The summed E-state index contributed by atoms with van der Waals surface area (Å²) in [7, 11) is 1.63. The Bertz CT molecular complexity index is 630. The van der Waals surface area contributed by atoms with Crippen molar-refractivity contribution in [1.29, 1.82) is 0 Å². The highest BCUT2D eigenvalue weighted by molar-refractivity contribution is 5.94. The maximum atomic E-state index is 13.1. The number of hydrogen-bond acceptors (Lipinski definition) is 3. The molecule has 1 heterocycles. The normalized spacial score (nSPS) is 23.4. The van der Waals surface area contributed by atoms with E-state index in [0.29, 0.717) is 38.1 Å². The van der Waals surface area contributed by atoms with Crippen LogP contribution in [0.15, 0.2) is 24.3 Å². The molecule has 1 saturated heterocycles. The Hall–Kier alpha value is -1.95. The number of hydrogen-bond donors (Lipinski definition) is 1. The van der Waals surface area contributed by atoms with Crippen LogP contribution >= 0.6 is 0 Å². The number of amides is 2. The third-order valence-corrected chi connectivity index (χ3v) is 5.39. The van der Waals surface area contributed by atoms with Gasteiger partial charge in [-0.1, -0.05) is 6.42 Å². The van der Waals surface area contributed by atoms with Crippen molar-refractivity contribution >= 4 is 11.8 Å². The van der Waals surface area contributed by atoms with Gasteiger partial charge in [0.15, 0.2) is 0 Å². The summed E-state index contributed by atoms with van der Waals surface area (Å²) in [5.74, 6) is -0.245. The second-order valence-electron chi connectivity index (χ2n) is 7.12. The van der Waals surface area contributed by atoms with E-state index >= 15 is 0 Å². The van der Waals surface area contributed by atoms with Crippen LogP contribution in [-0.2, 0) is 9.53 Å². The summed E-state index contributed by atoms with van der Waals surface area (Å²) in [6, 6.07) is 5.50.